The van der Waals surface area contributed by atoms with Crippen LogP contribution in [0.3, 0.4) is 0 Å². The molecule has 1 aliphatic heterocycles. The van der Waals surface area contributed by atoms with Crippen molar-refractivity contribution in [3.05, 3.63) is 89.5 Å². The Hall–Kier alpha value is -3.47. The number of rotatable bonds is 4. The summed E-state index contributed by atoms with van der Waals surface area (Å²) in [5.41, 5.74) is 4.63. The van der Waals surface area contributed by atoms with Gasteiger partial charge in [0.25, 0.3) is 0 Å². The topological polar surface area (TPSA) is 56.8 Å². The second-order valence-corrected chi connectivity index (χ2v) is 7.57. The first-order valence-corrected chi connectivity index (χ1v) is 10.3. The van der Waals surface area contributed by atoms with E-state index < -0.39 is 12.4 Å². The molecule has 3 aromatic carbocycles. The number of para-hydroxylation sites is 1. The summed E-state index contributed by atoms with van der Waals surface area (Å²) in [6.45, 7) is 2.06. The fourth-order valence-corrected chi connectivity index (χ4v) is 4.57. The summed E-state index contributed by atoms with van der Waals surface area (Å²) < 4.78 is 16.8. The summed E-state index contributed by atoms with van der Waals surface area (Å²) >= 11 is 0. The third kappa shape index (κ3) is 3.36. The van der Waals surface area contributed by atoms with Gasteiger partial charge < -0.3 is 19.5 Å². The predicted octanol–water partition coefficient (Wildman–Crippen LogP) is 5.83. The van der Waals surface area contributed by atoms with E-state index in [1.165, 1.54) is 16.7 Å². The van der Waals surface area contributed by atoms with Crippen LogP contribution in [-0.2, 0) is 15.9 Å². The predicted molar refractivity (Wildman–Crippen MR) is 114 cm³/mol. The molecule has 152 valence electrons. The normalized spacial score (nSPS) is 20.9. The van der Waals surface area contributed by atoms with E-state index in [9.17, 15) is 4.79 Å². The highest BCUT2D eigenvalue weighted by molar-refractivity contribution is 5.65. The monoisotopic (exact) mass is 401 g/mol. The minimum atomic E-state index is -0.648. The zero-order valence-electron chi connectivity index (χ0n) is 16.7. The number of anilines is 1. The van der Waals surface area contributed by atoms with Crippen molar-refractivity contribution < 1.29 is 19.0 Å². The molecule has 5 heteroatoms. The lowest BCUT2D eigenvalue weighted by atomic mass is 9.81. The number of benzene rings is 3. The summed E-state index contributed by atoms with van der Waals surface area (Å²) in [6.07, 6.45) is -0.232. The fourth-order valence-electron chi connectivity index (χ4n) is 4.57. The van der Waals surface area contributed by atoms with Gasteiger partial charge in [0.15, 0.2) is 6.23 Å². The van der Waals surface area contributed by atoms with E-state index in [0.29, 0.717) is 0 Å². The summed E-state index contributed by atoms with van der Waals surface area (Å²) in [6, 6.07) is 24.1. The van der Waals surface area contributed by atoms with Crippen molar-refractivity contribution in [3.63, 3.8) is 0 Å². The smallest absolute Gasteiger partial charge is 0.457 e. The van der Waals surface area contributed by atoms with Crippen LogP contribution in [0.2, 0.25) is 0 Å². The number of hydrogen-bond acceptors (Lipinski definition) is 5. The first kappa shape index (κ1) is 18.6. The Balaban J connectivity index is 1.50. The van der Waals surface area contributed by atoms with Crippen molar-refractivity contribution >= 4 is 11.8 Å². The number of nitrogens with one attached hydrogen (secondary N) is 1. The average Bonchev–Trinajstić information content (AvgIpc) is 3.15. The summed E-state index contributed by atoms with van der Waals surface area (Å²) in [4.78, 5) is 12.1. The minimum absolute atomic E-state index is 0.0186. The van der Waals surface area contributed by atoms with Crippen LogP contribution in [0.25, 0.3) is 0 Å². The molecule has 3 atom stereocenters. The largest absolute Gasteiger partial charge is 0.510 e. The van der Waals surface area contributed by atoms with E-state index >= 15 is 0 Å². The first-order valence-electron chi connectivity index (χ1n) is 10.3. The zero-order chi connectivity index (χ0) is 20.5. The summed E-state index contributed by atoms with van der Waals surface area (Å²) in [5, 5.41) is 3.41. The summed E-state index contributed by atoms with van der Waals surface area (Å²) in [7, 11) is 0. The second-order valence-electron chi connectivity index (χ2n) is 7.57. The van der Waals surface area contributed by atoms with Gasteiger partial charge in [-0.1, -0.05) is 42.5 Å². The molecule has 0 saturated carbocycles. The zero-order valence-corrected chi connectivity index (χ0v) is 16.7. The van der Waals surface area contributed by atoms with Crippen molar-refractivity contribution in [1.29, 1.82) is 0 Å². The van der Waals surface area contributed by atoms with Crippen molar-refractivity contribution in [2.75, 3.05) is 11.9 Å². The van der Waals surface area contributed by atoms with E-state index in [0.717, 1.165) is 23.6 Å². The van der Waals surface area contributed by atoms with Crippen LogP contribution in [0.15, 0.2) is 72.8 Å². The third-order valence-electron chi connectivity index (χ3n) is 5.80. The number of fused-ring (bicyclic) bond motifs is 5. The Morgan fingerprint density at radius 2 is 1.77 bits per heavy atom. The Morgan fingerprint density at radius 1 is 0.967 bits per heavy atom. The van der Waals surface area contributed by atoms with Crippen LogP contribution >= 0.6 is 0 Å². The molecule has 0 saturated heterocycles. The maximum atomic E-state index is 12.1. The maximum absolute atomic E-state index is 12.1. The Labute approximate surface area is 175 Å². The Morgan fingerprint density at radius 3 is 2.60 bits per heavy atom. The standard InChI is InChI=1S/C25H23NO4/c1-2-28-25(27)30-24-23-19-11-7-6-8-16(19)14-21(23)20-15-18(12-13-22(20)26-24)29-17-9-4-3-5-10-17/h3-13,15,21,23-24,26H,2,14H2,1H3. The molecule has 2 aliphatic rings. The molecule has 5 rings (SSSR count). The van der Waals surface area contributed by atoms with Crippen molar-refractivity contribution in [2.24, 2.45) is 0 Å². The second kappa shape index (κ2) is 7.75. The van der Waals surface area contributed by atoms with E-state index in [4.69, 9.17) is 14.2 Å². The van der Waals surface area contributed by atoms with Crippen LogP contribution in [0.1, 0.15) is 35.4 Å². The van der Waals surface area contributed by atoms with Gasteiger partial charge in [0.2, 0.25) is 0 Å². The van der Waals surface area contributed by atoms with Gasteiger partial charge in [-0.15, -0.1) is 0 Å². The van der Waals surface area contributed by atoms with E-state index in [-0.39, 0.29) is 18.4 Å². The molecule has 5 nitrogen and oxygen atoms in total. The number of carbonyl (C=O) groups is 1. The van der Waals surface area contributed by atoms with E-state index in [1.54, 1.807) is 6.92 Å². The number of ether oxygens (including phenoxy) is 3. The minimum Gasteiger partial charge on any atom is -0.457 e. The summed E-state index contributed by atoms with van der Waals surface area (Å²) in [5.74, 6) is 1.81. The van der Waals surface area contributed by atoms with Gasteiger partial charge >= 0.3 is 6.16 Å². The van der Waals surface area contributed by atoms with Crippen LogP contribution < -0.4 is 10.1 Å². The van der Waals surface area contributed by atoms with Gasteiger partial charge in [-0.25, -0.2) is 4.79 Å². The average molecular weight is 401 g/mol. The van der Waals surface area contributed by atoms with Gasteiger partial charge in [0.05, 0.1) is 6.61 Å². The molecular weight excluding hydrogens is 378 g/mol. The van der Waals surface area contributed by atoms with E-state index in [1.807, 2.05) is 48.5 Å². The molecular formula is C25H23NO4. The molecule has 0 radical (unpaired) electrons. The molecule has 30 heavy (non-hydrogen) atoms. The highest BCUT2D eigenvalue weighted by atomic mass is 16.7. The maximum Gasteiger partial charge on any atom is 0.510 e. The molecule has 0 bridgehead atoms. The fraction of sp³-hybridized carbons (Fsp3) is 0.240. The Bertz CT molecular complexity index is 1070. The van der Waals surface area contributed by atoms with Crippen LogP contribution in [-0.4, -0.2) is 19.0 Å². The van der Waals surface area contributed by atoms with Crippen molar-refractivity contribution in [1.82, 2.24) is 0 Å². The van der Waals surface area contributed by atoms with Crippen molar-refractivity contribution in [3.8, 4) is 11.5 Å². The lowest BCUT2D eigenvalue weighted by Crippen LogP contribution is -2.38. The van der Waals surface area contributed by atoms with Crippen LogP contribution in [0.4, 0.5) is 10.5 Å². The number of carbonyl (C=O) groups excluding carboxylic acids is 1. The van der Waals surface area contributed by atoms with Gasteiger partial charge in [-0.2, -0.15) is 0 Å². The molecule has 0 fully saturated rings. The van der Waals surface area contributed by atoms with Gasteiger partial charge in [0, 0.05) is 17.5 Å². The van der Waals surface area contributed by atoms with Gasteiger partial charge in [-0.3, -0.25) is 0 Å². The first-order chi connectivity index (χ1) is 14.7. The van der Waals surface area contributed by atoms with Crippen LogP contribution in [0, 0.1) is 0 Å². The van der Waals surface area contributed by atoms with Crippen LogP contribution in [0.5, 0.6) is 11.5 Å². The third-order valence-corrected chi connectivity index (χ3v) is 5.80. The van der Waals surface area contributed by atoms with Gasteiger partial charge in [0.1, 0.15) is 11.5 Å². The molecule has 0 aromatic heterocycles. The SMILES string of the molecule is CCOC(=O)OC1Nc2ccc(Oc3ccccc3)cc2C2Cc3ccccc3C12. The molecule has 1 heterocycles. The Kier molecular flexibility index (Phi) is 4.79. The van der Waals surface area contributed by atoms with Crippen molar-refractivity contribution in [2.45, 2.75) is 31.4 Å². The molecule has 1 aliphatic carbocycles. The quantitative estimate of drug-likeness (QED) is 0.558. The molecule has 0 amide bonds. The lowest BCUT2D eigenvalue weighted by molar-refractivity contribution is 0.0229. The number of hydrogen-bond donors (Lipinski definition) is 1. The highest BCUT2D eigenvalue weighted by Gasteiger charge is 2.45. The van der Waals surface area contributed by atoms with Gasteiger partial charge in [-0.05, 0) is 60.4 Å². The van der Waals surface area contributed by atoms with E-state index in [2.05, 4.69) is 29.6 Å². The molecule has 1 N–H and O–H groups in total. The molecule has 3 unspecified atom stereocenters. The molecule has 3 aromatic rings. The lowest BCUT2D eigenvalue weighted by Gasteiger charge is -2.36. The molecule has 0 spiro atoms. The highest BCUT2D eigenvalue weighted by Crippen LogP contribution is 2.52.